The fraction of sp³-hybridized carbons (Fsp3) is 0.636. The minimum Gasteiger partial charge on any atom is -0.396 e. The summed E-state index contributed by atoms with van der Waals surface area (Å²) in [5.74, 6) is 1.65. The van der Waals surface area contributed by atoms with Crippen LogP contribution in [0.2, 0.25) is 0 Å². The van der Waals surface area contributed by atoms with Gasteiger partial charge in [0, 0.05) is 26.2 Å². The molecule has 0 aliphatic carbocycles. The molecule has 0 amide bonds. The fourth-order valence-corrected chi connectivity index (χ4v) is 1.47. The molecule has 16 heavy (non-hydrogen) atoms. The quantitative estimate of drug-likeness (QED) is 0.726. The lowest BCUT2D eigenvalue weighted by Crippen LogP contribution is -2.26. The van der Waals surface area contributed by atoms with Gasteiger partial charge < -0.3 is 15.3 Å². The maximum absolute atomic E-state index is 8.82. The average Bonchev–Trinajstić information content (AvgIpc) is 2.31. The zero-order valence-electron chi connectivity index (χ0n) is 9.98. The van der Waals surface area contributed by atoms with E-state index >= 15 is 0 Å². The van der Waals surface area contributed by atoms with E-state index in [4.69, 9.17) is 5.11 Å². The van der Waals surface area contributed by atoms with Crippen molar-refractivity contribution in [2.24, 2.45) is 0 Å². The number of hydrogen-bond acceptors (Lipinski definition) is 5. The highest BCUT2D eigenvalue weighted by atomic mass is 16.3. The third-order valence-corrected chi connectivity index (χ3v) is 2.27. The minimum atomic E-state index is 0.205. The molecule has 0 fully saturated rings. The van der Waals surface area contributed by atoms with E-state index in [0.717, 1.165) is 37.7 Å². The molecule has 5 heteroatoms. The van der Waals surface area contributed by atoms with Crippen LogP contribution < -0.4 is 10.2 Å². The molecule has 0 unspecified atom stereocenters. The highest BCUT2D eigenvalue weighted by Crippen LogP contribution is 2.12. The predicted molar refractivity (Wildman–Crippen MR) is 65.8 cm³/mol. The van der Waals surface area contributed by atoms with Crippen molar-refractivity contribution >= 4 is 11.6 Å². The summed E-state index contributed by atoms with van der Waals surface area (Å²) >= 11 is 0. The molecule has 0 spiro atoms. The molecule has 1 aromatic heterocycles. The van der Waals surface area contributed by atoms with Gasteiger partial charge in [-0.3, -0.25) is 4.98 Å². The molecular weight excluding hydrogens is 204 g/mol. The Balaban J connectivity index is 2.71. The molecule has 1 heterocycles. The van der Waals surface area contributed by atoms with Crippen LogP contribution in [-0.2, 0) is 0 Å². The van der Waals surface area contributed by atoms with Crippen molar-refractivity contribution in [3.63, 3.8) is 0 Å². The van der Waals surface area contributed by atoms with Gasteiger partial charge in [-0.2, -0.15) is 0 Å². The summed E-state index contributed by atoms with van der Waals surface area (Å²) in [5, 5.41) is 12.0. The van der Waals surface area contributed by atoms with Crippen molar-refractivity contribution < 1.29 is 5.11 Å². The zero-order valence-corrected chi connectivity index (χ0v) is 9.98. The summed E-state index contributed by atoms with van der Waals surface area (Å²) in [7, 11) is 0. The highest BCUT2D eigenvalue weighted by molar-refractivity contribution is 5.43. The Morgan fingerprint density at radius 1 is 1.38 bits per heavy atom. The van der Waals surface area contributed by atoms with Crippen LogP contribution in [-0.4, -0.2) is 41.3 Å². The maximum atomic E-state index is 8.82. The lowest BCUT2D eigenvalue weighted by atomic mass is 10.4. The molecule has 0 aromatic carbocycles. The standard InChI is InChI=1S/C11H20N4O/c1-3-13-10-8-12-9-11(14-10)15(4-2)6-5-7-16/h8-9,16H,3-7H2,1-2H3,(H,13,14). The monoisotopic (exact) mass is 224 g/mol. The van der Waals surface area contributed by atoms with Crippen LogP contribution in [0.3, 0.4) is 0 Å². The zero-order chi connectivity index (χ0) is 11.8. The molecule has 0 radical (unpaired) electrons. The molecule has 0 saturated heterocycles. The Bertz CT molecular complexity index is 306. The molecule has 0 aliphatic heterocycles. The Labute approximate surface area is 96.5 Å². The van der Waals surface area contributed by atoms with Crippen LogP contribution in [0.15, 0.2) is 12.4 Å². The molecule has 1 rings (SSSR count). The maximum Gasteiger partial charge on any atom is 0.149 e. The van der Waals surface area contributed by atoms with Gasteiger partial charge in [-0.15, -0.1) is 0 Å². The second-order valence-corrected chi connectivity index (χ2v) is 3.45. The van der Waals surface area contributed by atoms with Gasteiger partial charge in [0.05, 0.1) is 12.4 Å². The fourth-order valence-electron chi connectivity index (χ4n) is 1.47. The number of hydrogen-bond donors (Lipinski definition) is 2. The van der Waals surface area contributed by atoms with Crippen molar-refractivity contribution in [2.75, 3.05) is 36.5 Å². The first-order chi connectivity index (χ1) is 7.81. The van der Waals surface area contributed by atoms with Gasteiger partial charge in [-0.1, -0.05) is 0 Å². The number of rotatable bonds is 7. The van der Waals surface area contributed by atoms with Crippen LogP contribution in [0, 0.1) is 0 Å². The van der Waals surface area contributed by atoms with E-state index in [1.807, 2.05) is 6.92 Å². The van der Waals surface area contributed by atoms with Crippen LogP contribution in [0.1, 0.15) is 20.3 Å². The Morgan fingerprint density at radius 3 is 2.81 bits per heavy atom. The molecule has 2 N–H and O–H groups in total. The third kappa shape index (κ3) is 3.66. The molecule has 5 nitrogen and oxygen atoms in total. The first kappa shape index (κ1) is 12.7. The van der Waals surface area contributed by atoms with E-state index in [2.05, 4.69) is 27.1 Å². The van der Waals surface area contributed by atoms with E-state index < -0.39 is 0 Å². The van der Waals surface area contributed by atoms with Gasteiger partial charge in [0.15, 0.2) is 0 Å². The van der Waals surface area contributed by atoms with E-state index in [9.17, 15) is 0 Å². The lowest BCUT2D eigenvalue weighted by molar-refractivity contribution is 0.289. The summed E-state index contributed by atoms with van der Waals surface area (Å²) in [4.78, 5) is 10.7. The van der Waals surface area contributed by atoms with Gasteiger partial charge in [0.2, 0.25) is 0 Å². The van der Waals surface area contributed by atoms with Gasteiger partial charge in [-0.25, -0.2) is 4.98 Å². The number of aliphatic hydroxyl groups is 1. The molecule has 0 aliphatic rings. The number of aliphatic hydroxyl groups excluding tert-OH is 1. The third-order valence-electron chi connectivity index (χ3n) is 2.27. The summed E-state index contributed by atoms with van der Waals surface area (Å²) in [6.45, 7) is 6.80. The van der Waals surface area contributed by atoms with Gasteiger partial charge in [-0.05, 0) is 20.3 Å². The van der Waals surface area contributed by atoms with Crippen molar-refractivity contribution in [3.8, 4) is 0 Å². The second-order valence-electron chi connectivity index (χ2n) is 3.45. The summed E-state index contributed by atoms with van der Waals surface area (Å²) in [6, 6.07) is 0. The topological polar surface area (TPSA) is 61.3 Å². The average molecular weight is 224 g/mol. The lowest BCUT2D eigenvalue weighted by Gasteiger charge is -2.21. The van der Waals surface area contributed by atoms with E-state index in [-0.39, 0.29) is 6.61 Å². The normalized spacial score (nSPS) is 10.2. The summed E-state index contributed by atoms with van der Waals surface area (Å²) in [6.07, 6.45) is 4.22. The first-order valence-corrected chi connectivity index (χ1v) is 5.73. The van der Waals surface area contributed by atoms with E-state index in [1.54, 1.807) is 12.4 Å². The van der Waals surface area contributed by atoms with Gasteiger partial charge in [0.1, 0.15) is 11.6 Å². The molecule has 90 valence electrons. The minimum absolute atomic E-state index is 0.205. The number of aromatic nitrogens is 2. The highest BCUT2D eigenvalue weighted by Gasteiger charge is 2.06. The Hall–Kier alpha value is -1.36. The number of anilines is 2. The first-order valence-electron chi connectivity index (χ1n) is 5.73. The van der Waals surface area contributed by atoms with Crippen molar-refractivity contribution in [1.29, 1.82) is 0 Å². The molecule has 0 atom stereocenters. The Morgan fingerprint density at radius 2 is 2.19 bits per heavy atom. The number of nitrogens with zero attached hydrogens (tertiary/aromatic N) is 3. The second kappa shape index (κ2) is 7.00. The molecule has 0 bridgehead atoms. The SMILES string of the molecule is CCNc1cncc(N(CC)CCCO)n1. The van der Waals surface area contributed by atoms with Crippen molar-refractivity contribution in [1.82, 2.24) is 9.97 Å². The van der Waals surface area contributed by atoms with Crippen LogP contribution >= 0.6 is 0 Å². The molecular formula is C11H20N4O. The molecule has 1 aromatic rings. The van der Waals surface area contributed by atoms with E-state index in [0.29, 0.717) is 0 Å². The summed E-state index contributed by atoms with van der Waals surface area (Å²) in [5.41, 5.74) is 0. The largest absolute Gasteiger partial charge is 0.396 e. The smallest absolute Gasteiger partial charge is 0.149 e. The summed E-state index contributed by atoms with van der Waals surface area (Å²) < 4.78 is 0. The van der Waals surface area contributed by atoms with Crippen molar-refractivity contribution in [2.45, 2.75) is 20.3 Å². The van der Waals surface area contributed by atoms with Gasteiger partial charge >= 0.3 is 0 Å². The Kier molecular flexibility index (Phi) is 5.56. The molecule has 0 saturated carbocycles. The number of nitrogens with one attached hydrogen (secondary N) is 1. The van der Waals surface area contributed by atoms with Crippen molar-refractivity contribution in [3.05, 3.63) is 12.4 Å². The van der Waals surface area contributed by atoms with E-state index in [1.165, 1.54) is 0 Å². The predicted octanol–water partition coefficient (Wildman–Crippen LogP) is 1.12. The van der Waals surface area contributed by atoms with Crippen LogP contribution in [0.4, 0.5) is 11.6 Å². The van der Waals surface area contributed by atoms with Crippen LogP contribution in [0.25, 0.3) is 0 Å². The van der Waals surface area contributed by atoms with Crippen LogP contribution in [0.5, 0.6) is 0 Å². The van der Waals surface area contributed by atoms with Gasteiger partial charge in [0.25, 0.3) is 0 Å².